The molecule has 0 fully saturated rings. The molecule has 2 amide bonds. The van der Waals surface area contributed by atoms with E-state index >= 15 is 0 Å². The zero-order valence-corrected chi connectivity index (χ0v) is 26.1. The van der Waals surface area contributed by atoms with Gasteiger partial charge in [-0.2, -0.15) is 0 Å². The number of nitrogens with zero attached hydrogens (tertiary/aromatic N) is 2. The Morgan fingerprint density at radius 1 is 0.929 bits per heavy atom. The zero-order chi connectivity index (χ0) is 31.2. The highest BCUT2D eigenvalue weighted by molar-refractivity contribution is 7.92. The average molecular weight is 641 g/mol. The molecule has 3 aromatic carbocycles. The van der Waals surface area contributed by atoms with E-state index in [0.717, 1.165) is 16.4 Å². The molecule has 0 radical (unpaired) electrons. The predicted molar refractivity (Wildman–Crippen MR) is 160 cm³/mol. The highest BCUT2D eigenvalue weighted by Gasteiger charge is 2.33. The quantitative estimate of drug-likeness (QED) is 0.289. The number of nitrogens with one attached hydrogen (secondary N) is 1. The van der Waals surface area contributed by atoms with Crippen molar-refractivity contribution >= 4 is 50.7 Å². The van der Waals surface area contributed by atoms with Crippen LogP contribution >= 0.6 is 23.2 Å². The summed E-state index contributed by atoms with van der Waals surface area (Å²) in [6.07, 6.45) is 0. The lowest BCUT2D eigenvalue weighted by Crippen LogP contribution is -2.52. The maximum Gasteiger partial charge on any atom is 0.264 e. The number of amides is 2. The van der Waals surface area contributed by atoms with Gasteiger partial charge in [0.05, 0.1) is 24.8 Å². The molecule has 0 aromatic heterocycles. The molecule has 226 valence electrons. The van der Waals surface area contributed by atoms with Crippen LogP contribution in [0.5, 0.6) is 11.5 Å². The number of hydrogen-bond acceptors (Lipinski definition) is 6. The van der Waals surface area contributed by atoms with Gasteiger partial charge in [-0.3, -0.25) is 13.9 Å². The van der Waals surface area contributed by atoms with E-state index in [1.165, 1.54) is 62.4 Å². The van der Waals surface area contributed by atoms with E-state index in [1.807, 2.05) is 0 Å². The Balaban J connectivity index is 2.09. The monoisotopic (exact) mass is 639 g/mol. The van der Waals surface area contributed by atoms with Crippen LogP contribution in [0.15, 0.2) is 65.6 Å². The fourth-order valence-corrected chi connectivity index (χ4v) is 5.96. The van der Waals surface area contributed by atoms with Gasteiger partial charge in [-0.15, -0.1) is 0 Å². The number of benzene rings is 3. The highest BCUT2D eigenvalue weighted by Crippen LogP contribution is 2.32. The van der Waals surface area contributed by atoms with Crippen molar-refractivity contribution in [3.63, 3.8) is 0 Å². The molecule has 1 atom stereocenters. The van der Waals surface area contributed by atoms with Crippen LogP contribution in [0, 0.1) is 5.82 Å². The molecule has 13 heteroatoms. The van der Waals surface area contributed by atoms with Gasteiger partial charge in [-0.05, 0) is 74.9 Å². The highest BCUT2D eigenvalue weighted by atomic mass is 35.5. The Kier molecular flexibility index (Phi) is 11.1. The van der Waals surface area contributed by atoms with E-state index in [0.29, 0.717) is 16.3 Å². The lowest BCUT2D eigenvalue weighted by Gasteiger charge is -2.32. The van der Waals surface area contributed by atoms with Gasteiger partial charge < -0.3 is 19.7 Å². The molecule has 0 saturated carbocycles. The third-order valence-electron chi connectivity index (χ3n) is 6.29. The van der Waals surface area contributed by atoms with Gasteiger partial charge in [0.1, 0.15) is 18.4 Å². The molecular formula is C29H32Cl2FN3O6S. The minimum Gasteiger partial charge on any atom is -0.493 e. The van der Waals surface area contributed by atoms with Crippen molar-refractivity contribution in [3.8, 4) is 11.5 Å². The second-order valence-corrected chi connectivity index (χ2v) is 12.3. The topological polar surface area (TPSA) is 105 Å². The van der Waals surface area contributed by atoms with Crippen LogP contribution in [0.2, 0.25) is 10.0 Å². The number of carbonyl (C=O) groups excluding carboxylic acids is 2. The van der Waals surface area contributed by atoms with Crippen molar-refractivity contribution in [3.05, 3.63) is 82.1 Å². The smallest absolute Gasteiger partial charge is 0.264 e. The minimum absolute atomic E-state index is 0.0308. The van der Waals surface area contributed by atoms with E-state index in [1.54, 1.807) is 26.0 Å². The van der Waals surface area contributed by atoms with Crippen molar-refractivity contribution < 1.29 is 31.9 Å². The molecule has 1 unspecified atom stereocenters. The molecule has 0 bridgehead atoms. The number of sulfonamides is 1. The summed E-state index contributed by atoms with van der Waals surface area (Å²) in [7, 11) is -1.65. The lowest BCUT2D eigenvalue weighted by molar-refractivity contribution is -0.139. The van der Waals surface area contributed by atoms with Crippen LogP contribution in [-0.4, -0.2) is 58.0 Å². The summed E-state index contributed by atoms with van der Waals surface area (Å²) in [5, 5.41) is 3.43. The number of rotatable bonds is 12. The van der Waals surface area contributed by atoms with Gasteiger partial charge in [0.15, 0.2) is 11.5 Å². The third kappa shape index (κ3) is 7.84. The van der Waals surface area contributed by atoms with E-state index in [-0.39, 0.29) is 33.9 Å². The van der Waals surface area contributed by atoms with Crippen molar-refractivity contribution in [2.24, 2.45) is 0 Å². The van der Waals surface area contributed by atoms with E-state index in [9.17, 15) is 22.4 Å². The molecule has 0 aliphatic carbocycles. The van der Waals surface area contributed by atoms with Crippen molar-refractivity contribution in [1.82, 2.24) is 10.2 Å². The molecule has 0 heterocycles. The molecule has 3 aromatic rings. The Hall–Kier alpha value is -3.54. The summed E-state index contributed by atoms with van der Waals surface area (Å²) in [6.45, 7) is 4.25. The van der Waals surface area contributed by atoms with Crippen LogP contribution in [0.3, 0.4) is 0 Å². The van der Waals surface area contributed by atoms with E-state index < -0.39 is 40.2 Å². The molecule has 42 heavy (non-hydrogen) atoms. The van der Waals surface area contributed by atoms with Crippen LogP contribution in [0.25, 0.3) is 0 Å². The molecule has 0 aliphatic heterocycles. The van der Waals surface area contributed by atoms with Crippen LogP contribution < -0.4 is 19.1 Å². The number of methoxy groups -OCH3 is 2. The summed E-state index contributed by atoms with van der Waals surface area (Å²) in [4.78, 5) is 28.0. The number of anilines is 1. The average Bonchev–Trinajstić information content (AvgIpc) is 2.94. The summed E-state index contributed by atoms with van der Waals surface area (Å²) in [6, 6.07) is 12.2. The first-order valence-electron chi connectivity index (χ1n) is 12.8. The Morgan fingerprint density at radius 2 is 1.57 bits per heavy atom. The summed E-state index contributed by atoms with van der Waals surface area (Å²) >= 11 is 12.4. The summed E-state index contributed by atoms with van der Waals surface area (Å²) < 4.78 is 53.1. The van der Waals surface area contributed by atoms with Crippen LogP contribution in [0.4, 0.5) is 10.1 Å². The Labute approximate surface area is 255 Å². The second kappa shape index (κ2) is 14.1. The maximum atomic E-state index is 14.0. The normalized spacial score (nSPS) is 12.0. The first-order chi connectivity index (χ1) is 19.8. The van der Waals surface area contributed by atoms with Crippen LogP contribution in [0.1, 0.15) is 26.3 Å². The second-order valence-electron chi connectivity index (χ2n) is 9.60. The summed E-state index contributed by atoms with van der Waals surface area (Å²) in [5.41, 5.74) is 0.526. The van der Waals surface area contributed by atoms with E-state index in [2.05, 4.69) is 5.32 Å². The number of hydrogen-bond donors (Lipinski definition) is 1. The fourth-order valence-electron chi connectivity index (χ4n) is 4.06. The molecular weight excluding hydrogens is 608 g/mol. The molecule has 1 N–H and O–H groups in total. The van der Waals surface area contributed by atoms with Crippen molar-refractivity contribution in [2.75, 3.05) is 25.1 Å². The Bertz CT molecular complexity index is 1540. The van der Waals surface area contributed by atoms with Gasteiger partial charge in [-0.1, -0.05) is 29.3 Å². The number of halogens is 3. The lowest BCUT2D eigenvalue weighted by atomic mass is 10.1. The molecule has 0 spiro atoms. The van der Waals surface area contributed by atoms with Gasteiger partial charge in [-0.25, -0.2) is 12.8 Å². The number of ether oxygens (including phenoxy) is 2. The third-order valence-corrected chi connectivity index (χ3v) is 8.65. The van der Waals surface area contributed by atoms with Gasteiger partial charge in [0.2, 0.25) is 11.8 Å². The standard InChI is InChI=1S/C29H32Cl2FN3O6S/c1-18(2)33-29(37)19(3)34(16-20-6-7-21(30)14-25(20)31)28(36)17-35(23-10-8-22(32)9-11-23)42(38,39)24-12-13-26(40-4)27(15-24)41-5/h6-15,18-19H,16-17H2,1-5H3,(H,33,37). The zero-order valence-electron chi connectivity index (χ0n) is 23.7. The van der Waals surface area contributed by atoms with Crippen molar-refractivity contribution in [1.29, 1.82) is 0 Å². The van der Waals surface area contributed by atoms with E-state index in [4.69, 9.17) is 32.7 Å². The first kappa shape index (κ1) is 33.0. The van der Waals surface area contributed by atoms with Gasteiger partial charge >= 0.3 is 0 Å². The summed E-state index contributed by atoms with van der Waals surface area (Å²) in [5.74, 6) is -1.29. The fraction of sp³-hybridized carbons (Fsp3) is 0.310. The predicted octanol–water partition coefficient (Wildman–Crippen LogP) is 5.29. The van der Waals surface area contributed by atoms with Crippen molar-refractivity contribution in [2.45, 2.75) is 44.3 Å². The first-order valence-corrected chi connectivity index (χ1v) is 15.0. The maximum absolute atomic E-state index is 14.0. The molecule has 3 rings (SSSR count). The van der Waals surface area contributed by atoms with Gasteiger partial charge in [0, 0.05) is 28.7 Å². The largest absolute Gasteiger partial charge is 0.493 e. The Morgan fingerprint density at radius 3 is 2.14 bits per heavy atom. The number of carbonyl (C=O) groups is 2. The molecule has 9 nitrogen and oxygen atoms in total. The molecule has 0 saturated heterocycles. The van der Waals surface area contributed by atoms with Gasteiger partial charge in [0.25, 0.3) is 10.0 Å². The minimum atomic E-state index is -4.42. The molecule has 0 aliphatic rings. The SMILES string of the molecule is COc1ccc(S(=O)(=O)N(CC(=O)N(Cc2ccc(Cl)cc2Cl)C(C)C(=O)NC(C)C)c2ccc(F)cc2)cc1OC. The van der Waals surface area contributed by atoms with Crippen LogP contribution in [-0.2, 0) is 26.2 Å².